The van der Waals surface area contributed by atoms with Crippen LogP contribution in [-0.4, -0.2) is 21.9 Å². The molecule has 2 aromatic heterocycles. The summed E-state index contributed by atoms with van der Waals surface area (Å²) in [5, 5.41) is 2.69. The Bertz CT molecular complexity index is 1010. The molecular weight excluding hydrogens is 318 g/mol. The molecule has 3 aromatic rings. The Morgan fingerprint density at radius 3 is 2.72 bits per heavy atom. The third-order valence-electron chi connectivity index (χ3n) is 3.82. The first kappa shape index (κ1) is 16.7. The molecule has 0 saturated carbocycles. The Morgan fingerprint density at radius 2 is 1.96 bits per heavy atom. The van der Waals surface area contributed by atoms with E-state index in [1.54, 1.807) is 43.5 Å². The van der Waals surface area contributed by atoms with Crippen LogP contribution in [0.2, 0.25) is 0 Å². The fourth-order valence-corrected chi connectivity index (χ4v) is 2.62. The summed E-state index contributed by atoms with van der Waals surface area (Å²) >= 11 is 0. The number of carbonyl (C=O) groups is 1. The van der Waals surface area contributed by atoms with Gasteiger partial charge in [-0.2, -0.15) is 0 Å². The van der Waals surface area contributed by atoms with Crippen molar-refractivity contribution in [3.63, 3.8) is 0 Å². The van der Waals surface area contributed by atoms with Gasteiger partial charge in [0, 0.05) is 6.20 Å². The van der Waals surface area contributed by atoms with E-state index in [9.17, 15) is 9.59 Å². The van der Waals surface area contributed by atoms with E-state index >= 15 is 0 Å². The fourth-order valence-electron chi connectivity index (χ4n) is 2.62. The lowest BCUT2D eigenvalue weighted by molar-refractivity contribution is 0.102. The summed E-state index contributed by atoms with van der Waals surface area (Å²) in [6.07, 6.45) is 1.70. The maximum Gasteiger partial charge on any atom is 0.281 e. The zero-order valence-corrected chi connectivity index (χ0v) is 14.4. The van der Waals surface area contributed by atoms with Crippen molar-refractivity contribution in [1.82, 2.24) is 9.38 Å². The number of aryl methyl sites for hydroxylation is 2. The number of pyridine rings is 1. The Labute approximate surface area is 145 Å². The van der Waals surface area contributed by atoms with Crippen molar-refractivity contribution in [2.24, 2.45) is 0 Å². The topological polar surface area (TPSA) is 72.7 Å². The molecule has 6 heteroatoms. The third-order valence-corrected chi connectivity index (χ3v) is 3.82. The number of hydrogen-bond acceptors (Lipinski definition) is 4. The van der Waals surface area contributed by atoms with Gasteiger partial charge >= 0.3 is 0 Å². The van der Waals surface area contributed by atoms with Gasteiger partial charge in [0.15, 0.2) is 0 Å². The average molecular weight is 337 g/mol. The molecule has 128 valence electrons. The van der Waals surface area contributed by atoms with Crippen LogP contribution in [0.5, 0.6) is 5.75 Å². The minimum absolute atomic E-state index is 0.166. The molecule has 0 atom stereocenters. The first-order valence-corrected chi connectivity index (χ1v) is 8.04. The monoisotopic (exact) mass is 337 g/mol. The maximum absolute atomic E-state index is 12.8. The van der Waals surface area contributed by atoms with Crippen LogP contribution in [0.15, 0.2) is 47.4 Å². The van der Waals surface area contributed by atoms with E-state index in [1.807, 2.05) is 19.9 Å². The summed E-state index contributed by atoms with van der Waals surface area (Å²) in [7, 11) is 0. The second-order valence-corrected chi connectivity index (χ2v) is 5.70. The zero-order valence-electron chi connectivity index (χ0n) is 14.4. The van der Waals surface area contributed by atoms with Crippen molar-refractivity contribution in [2.75, 3.05) is 11.9 Å². The highest BCUT2D eigenvalue weighted by Crippen LogP contribution is 2.20. The Kier molecular flexibility index (Phi) is 4.52. The number of carbonyl (C=O) groups excluding carboxylic acids is 1. The van der Waals surface area contributed by atoms with Crippen molar-refractivity contribution >= 4 is 17.2 Å². The molecule has 0 aliphatic heterocycles. The minimum Gasteiger partial charge on any atom is -0.493 e. The smallest absolute Gasteiger partial charge is 0.281 e. The molecule has 3 rings (SSSR count). The van der Waals surface area contributed by atoms with Gasteiger partial charge in [0.05, 0.1) is 17.9 Å². The van der Waals surface area contributed by atoms with Gasteiger partial charge < -0.3 is 10.1 Å². The van der Waals surface area contributed by atoms with Gasteiger partial charge in [-0.25, -0.2) is 4.98 Å². The lowest BCUT2D eigenvalue weighted by atomic mass is 10.2. The van der Waals surface area contributed by atoms with Gasteiger partial charge in [-0.1, -0.05) is 18.2 Å². The van der Waals surface area contributed by atoms with Gasteiger partial charge in [0.25, 0.3) is 11.5 Å². The fraction of sp³-hybridized carbons (Fsp3) is 0.211. The van der Waals surface area contributed by atoms with E-state index in [-0.39, 0.29) is 11.2 Å². The summed E-state index contributed by atoms with van der Waals surface area (Å²) in [6, 6.07) is 10.6. The first-order valence-electron chi connectivity index (χ1n) is 8.04. The molecule has 0 unspecified atom stereocenters. The second-order valence-electron chi connectivity index (χ2n) is 5.70. The largest absolute Gasteiger partial charge is 0.493 e. The SMILES string of the molecule is CCOc1ccccc1C(=O)Nc1c(C)nc2ccc(C)cn2c1=O. The first-order chi connectivity index (χ1) is 12.0. The normalized spacial score (nSPS) is 10.7. The molecule has 1 aromatic carbocycles. The Hall–Kier alpha value is -3.15. The van der Waals surface area contributed by atoms with Crippen LogP contribution in [-0.2, 0) is 0 Å². The second kappa shape index (κ2) is 6.76. The van der Waals surface area contributed by atoms with Gasteiger partial charge in [0.2, 0.25) is 0 Å². The highest BCUT2D eigenvalue weighted by molar-refractivity contribution is 6.06. The number of nitrogens with one attached hydrogen (secondary N) is 1. The quantitative estimate of drug-likeness (QED) is 0.794. The molecule has 25 heavy (non-hydrogen) atoms. The lowest BCUT2D eigenvalue weighted by Crippen LogP contribution is -2.25. The average Bonchev–Trinajstić information content (AvgIpc) is 2.60. The molecule has 0 radical (unpaired) electrons. The summed E-state index contributed by atoms with van der Waals surface area (Å²) in [5.74, 6) is 0.0727. The summed E-state index contributed by atoms with van der Waals surface area (Å²) in [4.78, 5) is 29.8. The molecule has 0 aliphatic rings. The van der Waals surface area contributed by atoms with Gasteiger partial charge in [-0.15, -0.1) is 0 Å². The Morgan fingerprint density at radius 1 is 1.20 bits per heavy atom. The van der Waals surface area contributed by atoms with Crippen LogP contribution >= 0.6 is 0 Å². The number of para-hydroxylation sites is 1. The molecule has 0 aliphatic carbocycles. The van der Waals surface area contributed by atoms with Crippen molar-refractivity contribution < 1.29 is 9.53 Å². The number of ether oxygens (including phenoxy) is 1. The molecule has 2 heterocycles. The highest BCUT2D eigenvalue weighted by atomic mass is 16.5. The van der Waals surface area contributed by atoms with E-state index in [0.717, 1.165) is 5.56 Å². The number of amides is 1. The van der Waals surface area contributed by atoms with E-state index in [1.165, 1.54) is 4.40 Å². The summed E-state index contributed by atoms with van der Waals surface area (Å²) < 4.78 is 6.92. The van der Waals surface area contributed by atoms with Crippen LogP contribution in [0.25, 0.3) is 5.65 Å². The molecule has 0 saturated heterocycles. The van der Waals surface area contributed by atoms with E-state index < -0.39 is 5.91 Å². The number of aromatic nitrogens is 2. The van der Waals surface area contributed by atoms with Crippen molar-refractivity contribution in [2.45, 2.75) is 20.8 Å². The zero-order chi connectivity index (χ0) is 18.0. The van der Waals surface area contributed by atoms with Crippen LogP contribution in [0.1, 0.15) is 28.5 Å². The van der Waals surface area contributed by atoms with Crippen molar-refractivity contribution in [3.05, 3.63) is 69.8 Å². The van der Waals surface area contributed by atoms with E-state index in [0.29, 0.717) is 29.3 Å². The third kappa shape index (κ3) is 3.24. The van der Waals surface area contributed by atoms with Crippen LogP contribution in [0.3, 0.4) is 0 Å². The summed E-state index contributed by atoms with van der Waals surface area (Å²) in [6.45, 7) is 5.89. The number of hydrogen-bond donors (Lipinski definition) is 1. The predicted molar refractivity (Wildman–Crippen MR) is 96.5 cm³/mol. The minimum atomic E-state index is -0.404. The molecule has 0 bridgehead atoms. The van der Waals surface area contributed by atoms with Crippen LogP contribution in [0.4, 0.5) is 5.69 Å². The Balaban J connectivity index is 2.03. The van der Waals surface area contributed by atoms with Crippen LogP contribution < -0.4 is 15.6 Å². The van der Waals surface area contributed by atoms with E-state index in [4.69, 9.17) is 4.74 Å². The molecule has 1 N–H and O–H groups in total. The van der Waals surface area contributed by atoms with Crippen molar-refractivity contribution in [3.8, 4) is 5.75 Å². The number of rotatable bonds is 4. The predicted octanol–water partition coefficient (Wildman–Crippen LogP) is 2.96. The van der Waals surface area contributed by atoms with Crippen LogP contribution in [0, 0.1) is 13.8 Å². The number of nitrogens with zero attached hydrogens (tertiary/aromatic N) is 2. The van der Waals surface area contributed by atoms with Gasteiger partial charge in [-0.05, 0) is 44.5 Å². The molecule has 1 amide bonds. The summed E-state index contributed by atoms with van der Waals surface area (Å²) in [5.41, 5.74) is 2.17. The molecular formula is C19H19N3O3. The number of benzene rings is 1. The number of anilines is 1. The highest BCUT2D eigenvalue weighted by Gasteiger charge is 2.17. The lowest BCUT2D eigenvalue weighted by Gasteiger charge is -2.12. The molecule has 0 spiro atoms. The number of fused-ring (bicyclic) bond motifs is 1. The van der Waals surface area contributed by atoms with Gasteiger partial charge in [0.1, 0.15) is 17.1 Å². The van der Waals surface area contributed by atoms with E-state index in [2.05, 4.69) is 10.3 Å². The van der Waals surface area contributed by atoms with Gasteiger partial charge in [-0.3, -0.25) is 14.0 Å². The maximum atomic E-state index is 12.8. The van der Waals surface area contributed by atoms with Crippen molar-refractivity contribution in [1.29, 1.82) is 0 Å². The standard InChI is InChI=1S/C19H19N3O3/c1-4-25-15-8-6-5-7-14(15)18(23)21-17-13(3)20-16-10-9-12(2)11-22(16)19(17)24/h5-11H,4H2,1-3H3,(H,21,23). The molecule has 6 nitrogen and oxygen atoms in total. The molecule has 0 fully saturated rings.